The topological polar surface area (TPSA) is 76.1 Å². The average molecular weight is 464 g/mol. The molecule has 1 amide bonds. The van der Waals surface area contributed by atoms with Crippen molar-refractivity contribution in [1.29, 1.82) is 0 Å². The highest BCUT2D eigenvalue weighted by Crippen LogP contribution is 2.40. The highest BCUT2D eigenvalue weighted by molar-refractivity contribution is 5.78. The minimum atomic E-state index is -1.13. The van der Waals surface area contributed by atoms with Crippen molar-refractivity contribution in [3.8, 4) is 11.5 Å². The lowest BCUT2D eigenvalue weighted by atomic mass is 9.87. The van der Waals surface area contributed by atoms with Crippen molar-refractivity contribution in [1.82, 2.24) is 4.90 Å². The number of carboxylic acids is 1. The first-order valence-electron chi connectivity index (χ1n) is 11.1. The van der Waals surface area contributed by atoms with Gasteiger partial charge < -0.3 is 19.5 Å². The smallest absolute Gasteiger partial charge is 0.341 e. The summed E-state index contributed by atoms with van der Waals surface area (Å²) in [5.41, 5.74) is 3.37. The molecule has 1 N–H and O–H groups in total. The normalized spacial score (nSPS) is 14.9. The number of carboxylic acid groups (broad SMARTS) is 1. The van der Waals surface area contributed by atoms with Crippen molar-refractivity contribution in [3.63, 3.8) is 0 Å². The maximum Gasteiger partial charge on any atom is 0.341 e. The number of benzene rings is 3. The lowest BCUT2D eigenvalue weighted by Gasteiger charge is -2.38. The summed E-state index contributed by atoms with van der Waals surface area (Å²) in [5.74, 6) is -0.711. The van der Waals surface area contributed by atoms with Crippen LogP contribution in [0.5, 0.6) is 11.5 Å². The van der Waals surface area contributed by atoms with E-state index in [1.807, 2.05) is 48.5 Å². The van der Waals surface area contributed by atoms with Gasteiger partial charge in [0.05, 0.1) is 13.2 Å². The van der Waals surface area contributed by atoms with Crippen molar-refractivity contribution in [2.45, 2.75) is 25.3 Å². The third-order valence-corrected chi connectivity index (χ3v) is 5.98. The average Bonchev–Trinajstić information content (AvgIpc) is 2.85. The van der Waals surface area contributed by atoms with Gasteiger partial charge in [0.2, 0.25) is 5.91 Å². The van der Waals surface area contributed by atoms with E-state index in [0.29, 0.717) is 24.9 Å². The van der Waals surface area contributed by atoms with Crippen LogP contribution in [0.3, 0.4) is 0 Å². The minimum absolute atomic E-state index is 0.0734. The molecule has 0 fully saturated rings. The molecule has 1 aliphatic heterocycles. The molecular formula is C27H26FNO5. The Hall–Kier alpha value is -3.87. The monoisotopic (exact) mass is 463 g/mol. The van der Waals surface area contributed by atoms with Crippen LogP contribution >= 0.6 is 0 Å². The van der Waals surface area contributed by atoms with Crippen molar-refractivity contribution in [2.75, 3.05) is 20.3 Å². The number of aryl methyl sites for hydroxylation is 1. The molecule has 176 valence electrons. The van der Waals surface area contributed by atoms with Gasteiger partial charge in [0.1, 0.15) is 17.3 Å². The van der Waals surface area contributed by atoms with Crippen molar-refractivity contribution < 1.29 is 28.6 Å². The van der Waals surface area contributed by atoms with Gasteiger partial charge in [-0.3, -0.25) is 4.79 Å². The fourth-order valence-corrected chi connectivity index (χ4v) is 4.40. The number of methoxy groups -OCH3 is 1. The summed E-state index contributed by atoms with van der Waals surface area (Å²) in [6.07, 6.45) is 1.48. The minimum Gasteiger partial charge on any atom is -0.497 e. The number of carbonyl (C=O) groups is 2. The molecule has 0 aromatic heterocycles. The zero-order valence-corrected chi connectivity index (χ0v) is 18.9. The number of rotatable bonds is 8. The van der Waals surface area contributed by atoms with E-state index in [9.17, 15) is 14.0 Å². The van der Waals surface area contributed by atoms with E-state index in [1.165, 1.54) is 18.2 Å². The van der Waals surface area contributed by atoms with Crippen LogP contribution < -0.4 is 9.47 Å². The predicted molar refractivity (Wildman–Crippen MR) is 125 cm³/mol. The van der Waals surface area contributed by atoms with E-state index in [2.05, 4.69) is 0 Å². The Labute approximate surface area is 197 Å². The summed E-state index contributed by atoms with van der Waals surface area (Å²) < 4.78 is 25.1. The summed E-state index contributed by atoms with van der Waals surface area (Å²) in [4.78, 5) is 26.3. The zero-order chi connectivity index (χ0) is 24.1. The molecule has 0 radical (unpaired) electrons. The Balaban J connectivity index is 1.67. The lowest BCUT2D eigenvalue weighted by Crippen LogP contribution is -2.41. The van der Waals surface area contributed by atoms with Gasteiger partial charge in [-0.2, -0.15) is 0 Å². The van der Waals surface area contributed by atoms with Crippen LogP contribution in [-0.2, 0) is 22.4 Å². The molecule has 7 heteroatoms. The number of halogens is 1. The Morgan fingerprint density at radius 1 is 1.06 bits per heavy atom. The quantitative estimate of drug-likeness (QED) is 0.536. The van der Waals surface area contributed by atoms with Crippen molar-refractivity contribution in [2.24, 2.45) is 0 Å². The Bertz CT molecular complexity index is 1200. The van der Waals surface area contributed by atoms with E-state index in [0.717, 1.165) is 22.4 Å². The Kier molecular flexibility index (Phi) is 7.11. The number of carbonyl (C=O) groups excluding carboxylic acids is 1. The summed E-state index contributed by atoms with van der Waals surface area (Å²) >= 11 is 0. The van der Waals surface area contributed by atoms with Crippen LogP contribution in [0.1, 0.15) is 34.7 Å². The molecule has 1 aliphatic rings. The second-order valence-electron chi connectivity index (χ2n) is 8.15. The number of ether oxygens (including phenoxy) is 2. The van der Waals surface area contributed by atoms with Crippen LogP contribution in [-0.4, -0.2) is 42.1 Å². The SMILES string of the molecule is COc1cccc(CCC(=O)N2CCc3ccccc3C2c2cc(F)ccc2OCC(=O)O)c1. The number of hydrogen-bond acceptors (Lipinski definition) is 4. The standard InChI is InChI=1S/C27H26FNO5/c1-33-21-7-4-5-18(15-21)9-12-25(30)29-14-13-19-6-2-3-8-22(19)27(29)23-16-20(28)10-11-24(23)34-17-26(31)32/h2-8,10-11,15-16,27H,9,12-14,17H2,1H3,(H,31,32). The van der Waals surface area contributed by atoms with Crippen LogP contribution in [0.15, 0.2) is 66.7 Å². The zero-order valence-electron chi connectivity index (χ0n) is 18.9. The molecule has 34 heavy (non-hydrogen) atoms. The van der Waals surface area contributed by atoms with Crippen molar-refractivity contribution >= 4 is 11.9 Å². The fourth-order valence-electron chi connectivity index (χ4n) is 4.40. The first-order valence-corrected chi connectivity index (χ1v) is 11.1. The third kappa shape index (κ3) is 5.20. The maximum absolute atomic E-state index is 14.4. The number of nitrogens with zero attached hydrogens (tertiary/aromatic N) is 1. The first kappa shape index (κ1) is 23.3. The maximum atomic E-state index is 14.4. The molecule has 3 aromatic rings. The lowest BCUT2D eigenvalue weighted by molar-refractivity contribution is -0.139. The third-order valence-electron chi connectivity index (χ3n) is 5.98. The highest BCUT2D eigenvalue weighted by atomic mass is 19.1. The first-order chi connectivity index (χ1) is 16.5. The molecule has 0 saturated heterocycles. The molecular weight excluding hydrogens is 437 g/mol. The van der Waals surface area contributed by atoms with Crippen molar-refractivity contribution in [3.05, 3.63) is 94.8 Å². The van der Waals surface area contributed by atoms with Crippen LogP contribution in [0, 0.1) is 5.82 Å². The molecule has 6 nitrogen and oxygen atoms in total. The van der Waals surface area contributed by atoms with Gasteiger partial charge in [-0.1, -0.05) is 36.4 Å². The Morgan fingerprint density at radius 3 is 2.68 bits per heavy atom. The van der Waals surface area contributed by atoms with Gasteiger partial charge in [-0.05, 0) is 59.9 Å². The van der Waals surface area contributed by atoms with Gasteiger partial charge in [-0.15, -0.1) is 0 Å². The number of hydrogen-bond donors (Lipinski definition) is 1. The van der Waals surface area contributed by atoms with Gasteiger partial charge >= 0.3 is 5.97 Å². The molecule has 1 heterocycles. The number of aliphatic carboxylic acids is 1. The predicted octanol–water partition coefficient (Wildman–Crippen LogP) is 4.40. The molecule has 1 unspecified atom stereocenters. The molecule has 0 spiro atoms. The number of amides is 1. The summed E-state index contributed by atoms with van der Waals surface area (Å²) in [5, 5.41) is 9.07. The number of fused-ring (bicyclic) bond motifs is 1. The van der Waals surface area contributed by atoms with Gasteiger partial charge in [-0.25, -0.2) is 9.18 Å². The summed E-state index contributed by atoms with van der Waals surface area (Å²) in [6, 6.07) is 18.7. The second-order valence-corrected chi connectivity index (χ2v) is 8.15. The molecule has 0 bridgehead atoms. The molecule has 1 atom stereocenters. The largest absolute Gasteiger partial charge is 0.497 e. The van der Waals surface area contributed by atoms with E-state index in [1.54, 1.807) is 12.0 Å². The highest BCUT2D eigenvalue weighted by Gasteiger charge is 2.34. The van der Waals surface area contributed by atoms with Gasteiger partial charge in [0, 0.05) is 18.5 Å². The van der Waals surface area contributed by atoms with E-state index in [4.69, 9.17) is 14.6 Å². The summed E-state index contributed by atoms with van der Waals surface area (Å²) in [6.45, 7) is -0.0930. The van der Waals surface area contributed by atoms with Gasteiger partial charge in [0.15, 0.2) is 6.61 Å². The van der Waals surface area contributed by atoms with E-state index in [-0.39, 0.29) is 18.1 Å². The molecule has 0 aliphatic carbocycles. The summed E-state index contributed by atoms with van der Waals surface area (Å²) in [7, 11) is 1.60. The Morgan fingerprint density at radius 2 is 1.88 bits per heavy atom. The van der Waals surface area contributed by atoms with Crippen LogP contribution in [0.4, 0.5) is 4.39 Å². The molecule has 0 saturated carbocycles. The second kappa shape index (κ2) is 10.4. The van der Waals surface area contributed by atoms with Gasteiger partial charge in [0.25, 0.3) is 0 Å². The van der Waals surface area contributed by atoms with E-state index < -0.39 is 24.4 Å². The molecule has 4 rings (SSSR count). The molecule has 3 aromatic carbocycles. The van der Waals surface area contributed by atoms with E-state index >= 15 is 0 Å². The van der Waals surface area contributed by atoms with Crippen LogP contribution in [0.25, 0.3) is 0 Å². The fraction of sp³-hybridized carbons (Fsp3) is 0.259. The van der Waals surface area contributed by atoms with Crippen LogP contribution in [0.2, 0.25) is 0 Å².